The Balaban J connectivity index is 2.49. The fourth-order valence-corrected chi connectivity index (χ4v) is 1.28. The highest BCUT2D eigenvalue weighted by Crippen LogP contribution is 2.15. The maximum absolute atomic E-state index is 3.60. The first-order valence-electron chi connectivity index (χ1n) is 1.75. The summed E-state index contributed by atoms with van der Waals surface area (Å²) in [5.41, 5.74) is 1.24. The molecule has 0 heterocycles. The van der Waals surface area contributed by atoms with E-state index >= 15 is 0 Å². The molecule has 1 atom stereocenters. The minimum atomic E-state index is 0.942. The molecule has 0 saturated heterocycles. The van der Waals surface area contributed by atoms with Gasteiger partial charge in [-0.1, -0.05) is 21.0 Å². The molecule has 0 bridgehead atoms. The van der Waals surface area contributed by atoms with E-state index in [2.05, 4.69) is 12.8 Å². The summed E-state index contributed by atoms with van der Waals surface area (Å²) in [6.07, 6.45) is 2.11. The Morgan fingerprint density at radius 3 is 2.83 bits per heavy atom. The van der Waals surface area contributed by atoms with Gasteiger partial charge < -0.3 is 0 Å². The summed E-state index contributed by atoms with van der Waals surface area (Å²) in [5.74, 6) is 1.97. The number of thioether (sulfide) groups is 1. The van der Waals surface area contributed by atoms with Crippen molar-refractivity contribution in [2.75, 3.05) is 11.7 Å². The van der Waals surface area contributed by atoms with Gasteiger partial charge in [-0.25, -0.2) is 0 Å². The molecule has 0 aliphatic heterocycles. The third kappa shape index (κ3) is 4.52. The summed E-state index contributed by atoms with van der Waals surface area (Å²) in [7, 11) is 0.942. The summed E-state index contributed by atoms with van der Waals surface area (Å²) in [6, 6.07) is 0. The topological polar surface area (TPSA) is 0 Å². The molecule has 0 aliphatic carbocycles. The van der Waals surface area contributed by atoms with Crippen molar-refractivity contribution in [2.24, 2.45) is 0 Å². The van der Waals surface area contributed by atoms with Gasteiger partial charge in [0.1, 0.15) is 0 Å². The van der Waals surface area contributed by atoms with Crippen molar-refractivity contribution in [2.45, 2.75) is 0 Å². The highest BCUT2D eigenvalue weighted by molar-refractivity contribution is 8.02. The third-order valence-electron chi connectivity index (χ3n) is 0.372. The minimum Gasteiger partial charge on any atom is -0.161 e. The first-order chi connectivity index (χ1) is 2.91. The second-order valence-electron chi connectivity index (χ2n) is 0.841. The molecule has 1 unspecified atom stereocenters. The average Bonchev–Trinajstić information content (AvgIpc) is 1.61. The third-order valence-corrected chi connectivity index (χ3v) is 2.48. The summed E-state index contributed by atoms with van der Waals surface area (Å²) in [5, 5.41) is 0. The van der Waals surface area contributed by atoms with Crippen LogP contribution in [-0.4, -0.2) is 11.7 Å². The molecule has 2 heteroatoms. The molecule has 0 radical (unpaired) electrons. The lowest BCUT2D eigenvalue weighted by Gasteiger charge is -1.83. The van der Waals surface area contributed by atoms with E-state index in [0.717, 1.165) is 8.58 Å². The first kappa shape index (κ1) is 6.52. The van der Waals surface area contributed by atoms with Crippen LogP contribution in [0, 0.1) is 0 Å². The summed E-state index contributed by atoms with van der Waals surface area (Å²) >= 11 is 1.87. The van der Waals surface area contributed by atoms with Crippen LogP contribution in [0.3, 0.4) is 0 Å². The Labute approximate surface area is 45.2 Å². The molecule has 0 saturated carbocycles. The van der Waals surface area contributed by atoms with E-state index in [4.69, 9.17) is 0 Å². The Morgan fingerprint density at radius 2 is 2.67 bits per heavy atom. The van der Waals surface area contributed by atoms with Crippen LogP contribution >= 0.6 is 20.3 Å². The normalized spacial score (nSPS) is 10.2. The van der Waals surface area contributed by atoms with E-state index in [-0.39, 0.29) is 0 Å². The predicted octanol–water partition coefficient (Wildman–Crippen LogP) is 2.13. The van der Waals surface area contributed by atoms with Gasteiger partial charge in [0, 0.05) is 5.49 Å². The molecule has 0 aromatic rings. The standard InChI is InChI=1S/C4H9PS/c1-3-5-4-6-2/h3,5H,1,4H2,2H3. The van der Waals surface area contributed by atoms with Gasteiger partial charge >= 0.3 is 0 Å². The molecule has 0 amide bonds. The van der Waals surface area contributed by atoms with Crippen LogP contribution in [0.4, 0.5) is 0 Å². The summed E-state index contributed by atoms with van der Waals surface area (Å²) < 4.78 is 0. The second-order valence-corrected chi connectivity index (χ2v) is 3.39. The van der Waals surface area contributed by atoms with E-state index < -0.39 is 0 Å². The average molecular weight is 120 g/mol. The van der Waals surface area contributed by atoms with Gasteiger partial charge in [0.25, 0.3) is 0 Å². The Morgan fingerprint density at radius 1 is 2.00 bits per heavy atom. The Hall–Kier alpha value is 0.520. The van der Waals surface area contributed by atoms with Gasteiger partial charge in [0.2, 0.25) is 0 Å². The highest BCUT2D eigenvalue weighted by atomic mass is 32.2. The lowest BCUT2D eigenvalue weighted by Crippen LogP contribution is -1.52. The summed E-state index contributed by atoms with van der Waals surface area (Å²) in [4.78, 5) is 0. The highest BCUT2D eigenvalue weighted by Gasteiger charge is 1.70. The molecular formula is C4H9PS. The van der Waals surface area contributed by atoms with Crippen molar-refractivity contribution in [1.29, 1.82) is 0 Å². The van der Waals surface area contributed by atoms with Gasteiger partial charge in [0.15, 0.2) is 0 Å². The van der Waals surface area contributed by atoms with Gasteiger partial charge in [-0.3, -0.25) is 0 Å². The van der Waals surface area contributed by atoms with Crippen LogP contribution in [-0.2, 0) is 0 Å². The van der Waals surface area contributed by atoms with E-state index in [1.807, 2.05) is 17.6 Å². The fourth-order valence-electron chi connectivity index (χ4n) is 0.142. The van der Waals surface area contributed by atoms with Crippen molar-refractivity contribution < 1.29 is 0 Å². The van der Waals surface area contributed by atoms with E-state index in [9.17, 15) is 0 Å². The number of hydrogen-bond donors (Lipinski definition) is 0. The van der Waals surface area contributed by atoms with Crippen LogP contribution in [0.25, 0.3) is 0 Å². The molecule has 0 fully saturated rings. The number of rotatable bonds is 3. The van der Waals surface area contributed by atoms with Crippen molar-refractivity contribution in [3.05, 3.63) is 12.4 Å². The lowest BCUT2D eigenvalue weighted by atomic mass is 11.3. The largest absolute Gasteiger partial charge is 0.161 e. The molecule has 0 rings (SSSR count). The lowest BCUT2D eigenvalue weighted by molar-refractivity contribution is 2.20. The Kier molecular flexibility index (Phi) is 6.00. The molecule has 0 spiro atoms. The first-order valence-corrected chi connectivity index (χ1v) is 4.43. The van der Waals surface area contributed by atoms with Crippen molar-refractivity contribution in [3.63, 3.8) is 0 Å². The molecule has 0 aliphatic rings. The minimum absolute atomic E-state index is 0.942. The predicted molar refractivity (Wildman–Crippen MR) is 36.9 cm³/mol. The molecule has 0 nitrogen and oxygen atoms in total. The molecule has 6 heavy (non-hydrogen) atoms. The SMILES string of the molecule is C=CPCSC. The maximum Gasteiger partial charge on any atom is 0.0140 e. The molecule has 36 valence electrons. The van der Waals surface area contributed by atoms with E-state index in [1.54, 1.807) is 0 Å². The quantitative estimate of drug-likeness (QED) is 0.406. The van der Waals surface area contributed by atoms with Crippen LogP contribution in [0.5, 0.6) is 0 Å². The van der Waals surface area contributed by atoms with E-state index in [0.29, 0.717) is 0 Å². The zero-order chi connectivity index (χ0) is 4.83. The second kappa shape index (κ2) is 5.52. The smallest absolute Gasteiger partial charge is 0.0140 e. The molecular weight excluding hydrogens is 111 g/mol. The van der Waals surface area contributed by atoms with Crippen LogP contribution < -0.4 is 0 Å². The monoisotopic (exact) mass is 120 g/mol. The fraction of sp³-hybridized carbons (Fsp3) is 0.500. The molecule has 0 N–H and O–H groups in total. The van der Waals surface area contributed by atoms with Crippen molar-refractivity contribution >= 4 is 20.3 Å². The zero-order valence-electron chi connectivity index (χ0n) is 3.90. The van der Waals surface area contributed by atoms with Crippen molar-refractivity contribution in [1.82, 2.24) is 0 Å². The summed E-state index contributed by atoms with van der Waals surface area (Å²) in [6.45, 7) is 3.60. The van der Waals surface area contributed by atoms with Crippen molar-refractivity contribution in [3.8, 4) is 0 Å². The van der Waals surface area contributed by atoms with E-state index in [1.165, 1.54) is 5.49 Å². The van der Waals surface area contributed by atoms with Crippen LogP contribution in [0.2, 0.25) is 0 Å². The Bertz CT molecular complexity index is 36.5. The van der Waals surface area contributed by atoms with Crippen LogP contribution in [0.1, 0.15) is 0 Å². The zero-order valence-corrected chi connectivity index (χ0v) is 5.72. The number of hydrogen-bond acceptors (Lipinski definition) is 1. The maximum atomic E-state index is 3.60. The van der Waals surface area contributed by atoms with Gasteiger partial charge in [-0.2, -0.15) is 11.8 Å². The molecule has 0 aromatic heterocycles. The van der Waals surface area contributed by atoms with Gasteiger partial charge in [-0.05, 0) is 6.26 Å². The molecule has 0 aromatic carbocycles. The van der Waals surface area contributed by atoms with Gasteiger partial charge in [-0.15, -0.1) is 0 Å². The van der Waals surface area contributed by atoms with Gasteiger partial charge in [0.05, 0.1) is 0 Å². The van der Waals surface area contributed by atoms with Crippen LogP contribution in [0.15, 0.2) is 12.4 Å².